The number of carbonyl (C=O) groups is 1. The highest BCUT2D eigenvalue weighted by molar-refractivity contribution is 6.55. The molecule has 0 aliphatic heterocycles. The summed E-state index contributed by atoms with van der Waals surface area (Å²) in [5.74, 6) is 0.990. The number of hydrogen-bond acceptors (Lipinski definition) is 4. The Hall–Kier alpha value is -2.08. The summed E-state index contributed by atoms with van der Waals surface area (Å²) in [6.45, 7) is 0.0407. The van der Waals surface area contributed by atoms with E-state index >= 15 is 0 Å². The predicted octanol–water partition coefficient (Wildman–Crippen LogP) is 8.45. The molecule has 0 unspecified atom stereocenters. The molecule has 0 heterocycles. The summed E-state index contributed by atoms with van der Waals surface area (Å²) >= 11 is 30.7. The molecule has 9 heteroatoms. The van der Waals surface area contributed by atoms with Gasteiger partial charge in [0.05, 0.1) is 34.9 Å². The van der Waals surface area contributed by atoms with Gasteiger partial charge in [-0.2, -0.15) is 0 Å². The van der Waals surface area contributed by atoms with Gasteiger partial charge in [0, 0.05) is 5.56 Å². The molecule has 3 rings (SSSR count). The van der Waals surface area contributed by atoms with Crippen molar-refractivity contribution in [1.29, 1.82) is 0 Å². The highest BCUT2D eigenvalue weighted by atomic mass is 35.5. The summed E-state index contributed by atoms with van der Waals surface area (Å²) in [5.41, 5.74) is 1.90. The summed E-state index contributed by atoms with van der Waals surface area (Å²) in [5, 5.41) is 0.231. The maximum absolute atomic E-state index is 12.6. The molecule has 0 spiro atoms. The van der Waals surface area contributed by atoms with Gasteiger partial charge < -0.3 is 14.2 Å². The molecule has 3 aromatic carbocycles. The van der Waals surface area contributed by atoms with Crippen LogP contribution in [0, 0.1) is 0 Å². The molecule has 0 saturated heterocycles. The minimum atomic E-state index is -0.190. The standard InChI is InChI=1S/C24H17Cl5O4/c1-31-17-10-8-13(7-9-16(30)15-5-3-4-6-18(15)32-2)11-14(17)12-33-24-22(28)20(26)19(25)21(27)23(24)29/h3-11H,12H2,1-2H3/b9-7+. The van der Waals surface area contributed by atoms with Gasteiger partial charge in [0.1, 0.15) is 28.2 Å². The Bertz CT molecular complexity index is 1190. The molecule has 0 aromatic heterocycles. The number of ether oxygens (including phenoxy) is 3. The van der Waals surface area contributed by atoms with E-state index in [9.17, 15) is 4.79 Å². The maximum Gasteiger partial charge on any atom is 0.189 e. The van der Waals surface area contributed by atoms with Crippen LogP contribution in [0.4, 0.5) is 0 Å². The quantitative estimate of drug-likeness (QED) is 0.123. The molecule has 33 heavy (non-hydrogen) atoms. The summed E-state index contributed by atoms with van der Waals surface area (Å²) in [4.78, 5) is 12.6. The zero-order valence-electron chi connectivity index (χ0n) is 17.4. The minimum Gasteiger partial charge on any atom is -0.496 e. The number of methoxy groups -OCH3 is 2. The molecular weight excluding hydrogens is 530 g/mol. The summed E-state index contributed by atoms with van der Waals surface area (Å²) < 4.78 is 16.5. The zero-order chi connectivity index (χ0) is 24.1. The molecular formula is C24H17Cl5O4. The summed E-state index contributed by atoms with van der Waals surface area (Å²) in [6, 6.07) is 12.4. The summed E-state index contributed by atoms with van der Waals surface area (Å²) in [7, 11) is 3.06. The first-order valence-electron chi connectivity index (χ1n) is 9.45. The van der Waals surface area contributed by atoms with Gasteiger partial charge in [0.2, 0.25) is 0 Å². The fourth-order valence-electron chi connectivity index (χ4n) is 2.99. The van der Waals surface area contributed by atoms with Crippen molar-refractivity contribution in [2.24, 2.45) is 0 Å². The molecule has 0 N–H and O–H groups in total. The van der Waals surface area contributed by atoms with Gasteiger partial charge in [0.15, 0.2) is 11.5 Å². The number of para-hydroxylation sites is 1. The number of allylic oxidation sites excluding steroid dienone is 1. The number of benzene rings is 3. The second-order valence-corrected chi connectivity index (χ2v) is 8.55. The molecule has 0 bridgehead atoms. The molecule has 0 radical (unpaired) electrons. The number of halogens is 5. The molecule has 0 aliphatic carbocycles. The van der Waals surface area contributed by atoms with Crippen molar-refractivity contribution in [3.8, 4) is 17.2 Å². The SMILES string of the molecule is COc1ccc(/C=C/C(=O)c2ccccc2OC)cc1COc1c(Cl)c(Cl)c(Cl)c(Cl)c1Cl. The van der Waals surface area contributed by atoms with Crippen LogP contribution in [0.15, 0.2) is 48.5 Å². The van der Waals surface area contributed by atoms with Gasteiger partial charge in [-0.05, 0) is 35.9 Å². The lowest BCUT2D eigenvalue weighted by Crippen LogP contribution is -2.01. The van der Waals surface area contributed by atoms with E-state index in [-0.39, 0.29) is 43.3 Å². The molecule has 172 valence electrons. The minimum absolute atomic E-state index is 0.0407. The zero-order valence-corrected chi connectivity index (χ0v) is 21.2. The Morgan fingerprint density at radius 1 is 0.818 bits per heavy atom. The number of hydrogen-bond donors (Lipinski definition) is 0. The van der Waals surface area contributed by atoms with E-state index in [0.29, 0.717) is 22.6 Å². The van der Waals surface area contributed by atoms with Gasteiger partial charge >= 0.3 is 0 Å². The first-order valence-corrected chi connectivity index (χ1v) is 11.3. The van der Waals surface area contributed by atoms with E-state index in [1.807, 2.05) is 12.1 Å². The lowest BCUT2D eigenvalue weighted by Gasteiger charge is -2.15. The maximum atomic E-state index is 12.6. The third kappa shape index (κ3) is 5.71. The van der Waals surface area contributed by atoms with Crippen LogP contribution < -0.4 is 14.2 Å². The van der Waals surface area contributed by atoms with E-state index in [1.165, 1.54) is 20.3 Å². The number of rotatable bonds is 8. The van der Waals surface area contributed by atoms with Crippen LogP contribution in [-0.2, 0) is 6.61 Å². The Balaban J connectivity index is 1.85. The molecule has 0 amide bonds. The second-order valence-electron chi connectivity index (χ2n) is 6.66. The average molecular weight is 547 g/mol. The van der Waals surface area contributed by atoms with Crippen molar-refractivity contribution in [3.05, 3.63) is 90.3 Å². The molecule has 0 fully saturated rings. The van der Waals surface area contributed by atoms with Crippen molar-refractivity contribution >= 4 is 69.9 Å². The third-order valence-electron chi connectivity index (χ3n) is 4.65. The number of carbonyl (C=O) groups excluding carboxylic acids is 1. The van der Waals surface area contributed by atoms with Crippen LogP contribution in [0.5, 0.6) is 17.2 Å². The van der Waals surface area contributed by atoms with Crippen molar-refractivity contribution in [3.63, 3.8) is 0 Å². The van der Waals surface area contributed by atoms with Crippen LogP contribution in [0.3, 0.4) is 0 Å². The van der Waals surface area contributed by atoms with Crippen molar-refractivity contribution < 1.29 is 19.0 Å². The monoisotopic (exact) mass is 544 g/mol. The molecule has 0 aliphatic rings. The van der Waals surface area contributed by atoms with E-state index in [2.05, 4.69) is 0 Å². The highest BCUT2D eigenvalue weighted by Crippen LogP contribution is 2.48. The fourth-order valence-corrected chi connectivity index (χ4v) is 4.22. The van der Waals surface area contributed by atoms with Gasteiger partial charge in [-0.1, -0.05) is 82.3 Å². The molecule has 3 aromatic rings. The Labute approximate surface area is 216 Å². The van der Waals surface area contributed by atoms with Crippen LogP contribution in [-0.4, -0.2) is 20.0 Å². The normalized spacial score (nSPS) is 11.0. The lowest BCUT2D eigenvalue weighted by atomic mass is 10.1. The van der Waals surface area contributed by atoms with Gasteiger partial charge in [0.25, 0.3) is 0 Å². The van der Waals surface area contributed by atoms with Crippen LogP contribution >= 0.6 is 58.0 Å². The average Bonchev–Trinajstić information content (AvgIpc) is 2.84. The Morgan fingerprint density at radius 2 is 1.42 bits per heavy atom. The summed E-state index contributed by atoms with van der Waals surface area (Å²) in [6.07, 6.45) is 3.16. The van der Waals surface area contributed by atoms with Gasteiger partial charge in [-0.25, -0.2) is 0 Å². The largest absolute Gasteiger partial charge is 0.496 e. The number of ketones is 1. The Morgan fingerprint density at radius 3 is 2.06 bits per heavy atom. The predicted molar refractivity (Wildman–Crippen MR) is 135 cm³/mol. The van der Waals surface area contributed by atoms with E-state index in [1.54, 1.807) is 36.4 Å². The fraction of sp³-hybridized carbons (Fsp3) is 0.125. The second kappa shape index (κ2) is 11.4. The highest BCUT2D eigenvalue weighted by Gasteiger charge is 2.21. The van der Waals surface area contributed by atoms with Gasteiger partial charge in [-0.15, -0.1) is 0 Å². The lowest BCUT2D eigenvalue weighted by molar-refractivity contribution is 0.104. The molecule has 0 atom stereocenters. The first kappa shape index (κ1) is 25.5. The van der Waals surface area contributed by atoms with E-state index in [0.717, 1.165) is 5.56 Å². The topological polar surface area (TPSA) is 44.8 Å². The van der Waals surface area contributed by atoms with Crippen LogP contribution in [0.1, 0.15) is 21.5 Å². The first-order chi connectivity index (χ1) is 15.8. The van der Waals surface area contributed by atoms with Crippen molar-refractivity contribution in [2.75, 3.05) is 14.2 Å². The van der Waals surface area contributed by atoms with Crippen LogP contribution in [0.2, 0.25) is 25.1 Å². The van der Waals surface area contributed by atoms with Crippen LogP contribution in [0.25, 0.3) is 6.08 Å². The smallest absolute Gasteiger partial charge is 0.189 e. The van der Waals surface area contributed by atoms with E-state index < -0.39 is 0 Å². The van der Waals surface area contributed by atoms with Crippen molar-refractivity contribution in [1.82, 2.24) is 0 Å². The molecule has 4 nitrogen and oxygen atoms in total. The van der Waals surface area contributed by atoms with E-state index in [4.69, 9.17) is 72.2 Å². The van der Waals surface area contributed by atoms with Crippen molar-refractivity contribution in [2.45, 2.75) is 6.61 Å². The third-order valence-corrected chi connectivity index (χ3v) is 6.89. The molecule has 0 saturated carbocycles. The Kier molecular flexibility index (Phi) is 8.80. The van der Waals surface area contributed by atoms with Gasteiger partial charge in [-0.3, -0.25) is 4.79 Å².